The molecule has 102 valence electrons. The second-order valence-electron chi connectivity index (χ2n) is 4.43. The van der Waals surface area contributed by atoms with Crippen molar-refractivity contribution < 1.29 is 9.84 Å². The van der Waals surface area contributed by atoms with E-state index in [1.54, 1.807) is 7.11 Å². The zero-order valence-electron chi connectivity index (χ0n) is 11.7. The largest absolute Gasteiger partial charge is 0.496 e. The molecule has 0 saturated carbocycles. The molecule has 0 aliphatic heterocycles. The van der Waals surface area contributed by atoms with Crippen molar-refractivity contribution in [2.24, 2.45) is 0 Å². The van der Waals surface area contributed by atoms with Gasteiger partial charge in [-0.15, -0.1) is 0 Å². The predicted octanol–water partition coefficient (Wildman–Crippen LogP) is 3.03. The number of methoxy groups -OCH3 is 1. The Morgan fingerprint density at radius 1 is 1.22 bits per heavy atom. The summed E-state index contributed by atoms with van der Waals surface area (Å²) in [6.45, 7) is 9.05. The standard InChI is InChI=1S/C14H22BrNO2/c1-6-16-11(7-17)12-10(4)13(15)8(2)9(3)14(12)18-5/h11,16-17H,6-7H2,1-5H3. The van der Waals surface area contributed by atoms with Crippen LogP contribution in [0.1, 0.15) is 35.2 Å². The summed E-state index contributed by atoms with van der Waals surface area (Å²) in [5.74, 6) is 0.869. The van der Waals surface area contributed by atoms with Crippen LogP contribution in [0, 0.1) is 20.8 Å². The van der Waals surface area contributed by atoms with Gasteiger partial charge >= 0.3 is 0 Å². The highest BCUT2D eigenvalue weighted by Gasteiger charge is 2.22. The number of aliphatic hydroxyl groups is 1. The number of rotatable bonds is 5. The van der Waals surface area contributed by atoms with Crippen molar-refractivity contribution in [2.45, 2.75) is 33.7 Å². The van der Waals surface area contributed by atoms with E-state index in [1.807, 2.05) is 20.8 Å². The van der Waals surface area contributed by atoms with Gasteiger partial charge in [0, 0.05) is 10.0 Å². The maximum absolute atomic E-state index is 9.57. The summed E-state index contributed by atoms with van der Waals surface area (Å²) in [4.78, 5) is 0. The third-order valence-corrected chi connectivity index (χ3v) is 4.59. The molecule has 0 heterocycles. The molecule has 0 bridgehead atoms. The molecule has 0 aliphatic carbocycles. The molecule has 18 heavy (non-hydrogen) atoms. The Morgan fingerprint density at radius 2 is 1.83 bits per heavy atom. The first-order chi connectivity index (χ1) is 8.49. The molecule has 1 rings (SSSR count). The zero-order valence-corrected chi connectivity index (χ0v) is 13.3. The molecule has 2 N–H and O–H groups in total. The Hall–Kier alpha value is -0.580. The molecular weight excluding hydrogens is 294 g/mol. The Bertz CT molecular complexity index is 433. The molecule has 0 aliphatic rings. The lowest BCUT2D eigenvalue weighted by atomic mass is 9.94. The van der Waals surface area contributed by atoms with Gasteiger partial charge in [0.25, 0.3) is 0 Å². The lowest BCUT2D eigenvalue weighted by Crippen LogP contribution is -2.26. The molecule has 3 nitrogen and oxygen atoms in total. The van der Waals surface area contributed by atoms with E-state index in [0.29, 0.717) is 0 Å². The van der Waals surface area contributed by atoms with E-state index in [9.17, 15) is 5.11 Å². The van der Waals surface area contributed by atoms with Gasteiger partial charge in [0.15, 0.2) is 0 Å². The third-order valence-electron chi connectivity index (χ3n) is 3.40. The number of hydrogen-bond donors (Lipinski definition) is 2. The van der Waals surface area contributed by atoms with E-state index in [1.165, 1.54) is 5.56 Å². The maximum atomic E-state index is 9.57. The molecule has 0 amide bonds. The van der Waals surface area contributed by atoms with Crippen LogP contribution in [0.25, 0.3) is 0 Å². The summed E-state index contributed by atoms with van der Waals surface area (Å²) >= 11 is 3.63. The molecule has 1 aromatic rings. The van der Waals surface area contributed by atoms with Crippen LogP contribution in [0.15, 0.2) is 4.47 Å². The topological polar surface area (TPSA) is 41.5 Å². The number of benzene rings is 1. The van der Waals surface area contributed by atoms with Gasteiger partial charge in [0.1, 0.15) is 5.75 Å². The van der Waals surface area contributed by atoms with Crippen molar-refractivity contribution in [3.05, 3.63) is 26.7 Å². The Labute approximate surface area is 118 Å². The first kappa shape index (κ1) is 15.5. The number of nitrogens with one attached hydrogen (secondary N) is 1. The SMILES string of the molecule is CCNC(CO)c1c(C)c(Br)c(C)c(C)c1OC. The highest BCUT2D eigenvalue weighted by molar-refractivity contribution is 9.10. The Kier molecular flexibility index (Phi) is 5.63. The summed E-state index contributed by atoms with van der Waals surface area (Å²) < 4.78 is 6.64. The van der Waals surface area contributed by atoms with Crippen LogP contribution in [-0.4, -0.2) is 25.4 Å². The van der Waals surface area contributed by atoms with E-state index >= 15 is 0 Å². The lowest BCUT2D eigenvalue weighted by molar-refractivity contribution is 0.242. The second-order valence-corrected chi connectivity index (χ2v) is 5.22. The lowest BCUT2D eigenvalue weighted by Gasteiger charge is -2.24. The fraction of sp³-hybridized carbons (Fsp3) is 0.571. The first-order valence-electron chi connectivity index (χ1n) is 6.16. The molecule has 0 saturated heterocycles. The quantitative estimate of drug-likeness (QED) is 0.877. The average Bonchev–Trinajstić information content (AvgIpc) is 2.38. The fourth-order valence-corrected chi connectivity index (χ4v) is 2.80. The Morgan fingerprint density at radius 3 is 2.28 bits per heavy atom. The number of halogens is 1. The van der Waals surface area contributed by atoms with Crippen molar-refractivity contribution in [3.63, 3.8) is 0 Å². The van der Waals surface area contributed by atoms with Crippen molar-refractivity contribution in [1.29, 1.82) is 0 Å². The zero-order chi connectivity index (χ0) is 13.9. The first-order valence-corrected chi connectivity index (χ1v) is 6.96. The van der Waals surface area contributed by atoms with Crippen LogP contribution in [0.3, 0.4) is 0 Å². The normalized spacial score (nSPS) is 12.6. The van der Waals surface area contributed by atoms with Crippen molar-refractivity contribution in [1.82, 2.24) is 5.32 Å². The number of likely N-dealkylation sites (N-methyl/N-ethyl adjacent to an activating group) is 1. The minimum atomic E-state index is -0.0967. The summed E-state index contributed by atoms with van der Waals surface area (Å²) in [6, 6.07) is -0.0967. The molecule has 1 unspecified atom stereocenters. The molecule has 0 aromatic heterocycles. The fourth-order valence-electron chi connectivity index (χ4n) is 2.29. The predicted molar refractivity (Wildman–Crippen MR) is 78.4 cm³/mol. The number of ether oxygens (including phenoxy) is 1. The highest BCUT2D eigenvalue weighted by atomic mass is 79.9. The van der Waals surface area contributed by atoms with Crippen LogP contribution >= 0.6 is 15.9 Å². The van der Waals surface area contributed by atoms with E-state index in [0.717, 1.165) is 33.5 Å². The maximum Gasteiger partial charge on any atom is 0.127 e. The van der Waals surface area contributed by atoms with Gasteiger partial charge in [-0.1, -0.05) is 22.9 Å². The summed E-state index contributed by atoms with van der Waals surface area (Å²) in [6.07, 6.45) is 0. The van der Waals surface area contributed by atoms with Crippen LogP contribution in [0.2, 0.25) is 0 Å². The molecule has 1 atom stereocenters. The van der Waals surface area contributed by atoms with E-state index in [2.05, 4.69) is 28.2 Å². The van der Waals surface area contributed by atoms with Gasteiger partial charge in [-0.2, -0.15) is 0 Å². The van der Waals surface area contributed by atoms with Crippen molar-refractivity contribution in [3.8, 4) is 5.75 Å². The molecular formula is C14H22BrNO2. The molecule has 0 spiro atoms. The molecule has 4 heteroatoms. The van der Waals surface area contributed by atoms with Crippen molar-refractivity contribution >= 4 is 15.9 Å². The van der Waals surface area contributed by atoms with E-state index in [4.69, 9.17) is 4.74 Å². The number of hydrogen-bond acceptors (Lipinski definition) is 3. The van der Waals surface area contributed by atoms with Gasteiger partial charge in [-0.25, -0.2) is 0 Å². The third kappa shape index (κ3) is 2.71. The second kappa shape index (κ2) is 6.55. The Balaban J connectivity index is 3.49. The van der Waals surface area contributed by atoms with Crippen LogP contribution in [0.4, 0.5) is 0 Å². The monoisotopic (exact) mass is 315 g/mol. The highest BCUT2D eigenvalue weighted by Crippen LogP contribution is 2.39. The van der Waals surface area contributed by atoms with Crippen LogP contribution in [0.5, 0.6) is 5.75 Å². The van der Waals surface area contributed by atoms with Crippen LogP contribution < -0.4 is 10.1 Å². The average molecular weight is 316 g/mol. The molecule has 0 fully saturated rings. The van der Waals surface area contributed by atoms with Gasteiger partial charge in [-0.05, 0) is 44.0 Å². The molecule has 1 aromatic carbocycles. The van der Waals surface area contributed by atoms with Gasteiger partial charge < -0.3 is 15.2 Å². The summed E-state index contributed by atoms with van der Waals surface area (Å²) in [5.41, 5.74) is 4.45. The van der Waals surface area contributed by atoms with Gasteiger partial charge in [0.05, 0.1) is 19.8 Å². The molecule has 0 radical (unpaired) electrons. The minimum absolute atomic E-state index is 0.0555. The summed E-state index contributed by atoms with van der Waals surface area (Å²) in [5, 5.41) is 12.9. The van der Waals surface area contributed by atoms with Gasteiger partial charge in [-0.3, -0.25) is 0 Å². The van der Waals surface area contributed by atoms with E-state index in [-0.39, 0.29) is 12.6 Å². The van der Waals surface area contributed by atoms with Crippen molar-refractivity contribution in [2.75, 3.05) is 20.3 Å². The smallest absolute Gasteiger partial charge is 0.127 e. The summed E-state index contributed by atoms with van der Waals surface area (Å²) in [7, 11) is 1.68. The van der Waals surface area contributed by atoms with E-state index < -0.39 is 0 Å². The number of aliphatic hydroxyl groups excluding tert-OH is 1. The minimum Gasteiger partial charge on any atom is -0.496 e. The van der Waals surface area contributed by atoms with Gasteiger partial charge in [0.2, 0.25) is 0 Å². The van der Waals surface area contributed by atoms with Crippen LogP contribution in [-0.2, 0) is 0 Å².